The second-order valence-corrected chi connectivity index (χ2v) is 10.9. The zero-order valence-electron chi connectivity index (χ0n) is 24.5. The Morgan fingerprint density at radius 1 is 1.19 bits per heavy atom. The first-order chi connectivity index (χ1) is 19.5. The van der Waals surface area contributed by atoms with Crippen molar-refractivity contribution in [2.45, 2.75) is 66.2 Å². The van der Waals surface area contributed by atoms with Gasteiger partial charge >= 0.3 is 11.7 Å². The predicted molar refractivity (Wildman–Crippen MR) is 162 cm³/mol. The maximum Gasteiger partial charge on any atom is 0.348 e. The average molecular weight is 622 g/mol. The van der Waals surface area contributed by atoms with Gasteiger partial charge in [0.15, 0.2) is 5.78 Å². The summed E-state index contributed by atoms with van der Waals surface area (Å²) in [4.78, 5) is 53.9. The summed E-state index contributed by atoms with van der Waals surface area (Å²) in [5, 5.41) is 9.16. The summed E-state index contributed by atoms with van der Waals surface area (Å²) in [6.45, 7) is 8.31. The molecule has 0 spiro atoms. The van der Waals surface area contributed by atoms with E-state index in [0.717, 1.165) is 15.9 Å². The van der Waals surface area contributed by atoms with Crippen molar-refractivity contribution in [2.24, 2.45) is 5.92 Å². The number of esters is 1. The minimum Gasteiger partial charge on any atom is -0.496 e. The lowest BCUT2D eigenvalue weighted by atomic mass is 10.0. The highest BCUT2D eigenvalue weighted by Crippen LogP contribution is 2.33. The molecule has 0 amide bonds. The molecule has 13 heteroatoms. The van der Waals surface area contributed by atoms with Crippen molar-refractivity contribution in [3.05, 3.63) is 60.9 Å². The molecule has 0 aliphatic heterocycles. The Bertz CT molecular complexity index is 1600. The molecule has 2 heterocycles. The summed E-state index contributed by atoms with van der Waals surface area (Å²) >= 11 is 0.922. The Morgan fingerprint density at radius 2 is 1.88 bits per heavy atom. The lowest BCUT2D eigenvalue weighted by Gasteiger charge is -2.23. The van der Waals surface area contributed by atoms with Gasteiger partial charge in [-0.1, -0.05) is 13.8 Å². The molecule has 2 aromatic heterocycles. The van der Waals surface area contributed by atoms with Crippen molar-refractivity contribution in [3.8, 4) is 11.8 Å². The number of methoxy groups -OCH3 is 1. The van der Waals surface area contributed by atoms with Gasteiger partial charge in [-0.3, -0.25) is 14.2 Å². The number of aryl methyl sites for hydroxylation is 1. The van der Waals surface area contributed by atoms with Crippen LogP contribution in [-0.4, -0.2) is 41.2 Å². The van der Waals surface area contributed by atoms with Crippen LogP contribution in [0.3, 0.4) is 0 Å². The minimum atomic E-state index is -1.08. The van der Waals surface area contributed by atoms with Crippen LogP contribution in [-0.2, 0) is 20.8 Å². The molecule has 42 heavy (non-hydrogen) atoms. The minimum absolute atomic E-state index is 0. The Labute approximate surface area is 254 Å². The molecule has 0 saturated carbocycles. The van der Waals surface area contributed by atoms with Crippen LogP contribution >= 0.6 is 24.8 Å². The maximum atomic E-state index is 14.4. The number of nitrogens with zero attached hydrogens (tertiary/aromatic N) is 3. The third-order valence-corrected chi connectivity index (χ3v) is 7.88. The number of rotatable bonds is 13. The lowest BCUT2D eigenvalue weighted by molar-refractivity contribution is -0.122. The van der Waals surface area contributed by atoms with Gasteiger partial charge in [-0.25, -0.2) is 18.5 Å². The summed E-state index contributed by atoms with van der Waals surface area (Å²) in [5.74, 6) is -1.21. The number of hydrogen-bond acceptors (Lipinski definition) is 9. The van der Waals surface area contributed by atoms with Crippen molar-refractivity contribution in [1.82, 2.24) is 9.13 Å². The van der Waals surface area contributed by atoms with Gasteiger partial charge in [0.1, 0.15) is 27.4 Å². The number of Topliss-reactive ketones (excluding diaryl/α,β-unsaturated/α-hetero) is 1. The Balaban J connectivity index is 0.00000616. The number of nitriles is 1. The van der Waals surface area contributed by atoms with Crippen LogP contribution in [0.2, 0.25) is 0 Å². The van der Waals surface area contributed by atoms with Crippen LogP contribution in [0, 0.1) is 30.0 Å². The van der Waals surface area contributed by atoms with Crippen LogP contribution < -0.4 is 16.0 Å². The molecule has 0 fully saturated rings. The summed E-state index contributed by atoms with van der Waals surface area (Å²) < 4.78 is 33.1. The van der Waals surface area contributed by atoms with Gasteiger partial charge in [0.2, 0.25) is 0 Å². The van der Waals surface area contributed by atoms with Gasteiger partial charge in [-0.2, -0.15) is 18.8 Å². The number of carbonyl (C=O) groups excluding carboxylic acids is 2. The largest absolute Gasteiger partial charge is 0.496 e. The van der Waals surface area contributed by atoms with E-state index >= 15 is 0 Å². The number of halogens is 1. The molecule has 3 rings (SSSR count). The van der Waals surface area contributed by atoms with Gasteiger partial charge in [-0.05, 0) is 50.5 Å². The van der Waals surface area contributed by atoms with Gasteiger partial charge in [0, 0.05) is 12.0 Å². The zero-order valence-corrected chi connectivity index (χ0v) is 26.3. The fourth-order valence-corrected chi connectivity index (χ4v) is 5.78. The molecule has 0 bridgehead atoms. The van der Waals surface area contributed by atoms with Crippen LogP contribution in [0.4, 0.5) is 4.39 Å². The SMILES string of the molecule is CCOC(=O)c1sc2c(c1C)c(=O)n([C@@H](C)C(=O)CC(C)C)c(=O)n2C[C@H](OCCC#N)c1cc(F)ccc1OC.S. The van der Waals surface area contributed by atoms with Gasteiger partial charge < -0.3 is 14.2 Å². The first-order valence-electron chi connectivity index (χ1n) is 13.3. The van der Waals surface area contributed by atoms with Crippen LogP contribution in [0.25, 0.3) is 10.2 Å². The highest BCUT2D eigenvalue weighted by atomic mass is 32.1. The molecule has 10 nitrogen and oxygen atoms in total. The number of ether oxygens (including phenoxy) is 3. The quantitative estimate of drug-likeness (QED) is 0.196. The lowest BCUT2D eigenvalue weighted by Crippen LogP contribution is -2.44. The standard InChI is InChI=1S/C29H34FN3O7S.H2S/c1-7-39-28(36)25-17(4)24-26(35)33(18(5)21(34)13-16(2)3)29(37)32(27(24)41-25)15-23(40-12-8-11-31)20-14-19(30)9-10-22(20)38-6;/h9-10,14,16,18,23H,7-8,12-13,15H2,1-6H3;1H2/t18-,23-;/m0./s1. The van der Waals surface area contributed by atoms with Crippen LogP contribution in [0.5, 0.6) is 5.75 Å². The molecule has 0 saturated heterocycles. The van der Waals surface area contributed by atoms with Crippen molar-refractivity contribution in [1.29, 1.82) is 5.26 Å². The Morgan fingerprint density at radius 3 is 2.48 bits per heavy atom. The molecular formula is C29H36FN3O7S2. The number of fused-ring (bicyclic) bond motifs is 1. The van der Waals surface area contributed by atoms with Crippen LogP contribution in [0.1, 0.15) is 73.5 Å². The maximum absolute atomic E-state index is 14.4. The summed E-state index contributed by atoms with van der Waals surface area (Å²) in [5.41, 5.74) is -0.871. The van der Waals surface area contributed by atoms with Crippen molar-refractivity contribution in [3.63, 3.8) is 0 Å². The van der Waals surface area contributed by atoms with Gasteiger partial charge in [0.25, 0.3) is 5.56 Å². The molecule has 2 atom stereocenters. The topological polar surface area (TPSA) is 130 Å². The second-order valence-electron chi connectivity index (χ2n) is 9.92. The number of carbonyl (C=O) groups is 2. The van der Waals surface area contributed by atoms with Gasteiger partial charge in [-0.15, -0.1) is 11.3 Å². The van der Waals surface area contributed by atoms with Gasteiger partial charge in [0.05, 0.1) is 50.8 Å². The molecule has 3 aromatic rings. The number of ketones is 1. The third kappa shape index (κ3) is 7.29. The van der Waals surface area contributed by atoms with E-state index in [-0.39, 0.29) is 78.5 Å². The molecule has 0 aliphatic carbocycles. The molecular weight excluding hydrogens is 585 g/mol. The monoisotopic (exact) mass is 621 g/mol. The summed E-state index contributed by atoms with van der Waals surface area (Å²) in [6.07, 6.45) is -0.803. The highest BCUT2D eigenvalue weighted by Gasteiger charge is 2.29. The van der Waals surface area contributed by atoms with Crippen molar-refractivity contribution in [2.75, 3.05) is 20.3 Å². The molecule has 1 aromatic carbocycles. The summed E-state index contributed by atoms with van der Waals surface area (Å²) in [6, 6.07) is 4.75. The number of benzene rings is 1. The molecule has 0 aliphatic rings. The first kappa shape index (κ1) is 34.7. The highest BCUT2D eigenvalue weighted by molar-refractivity contribution is 7.59. The fourth-order valence-electron chi connectivity index (χ4n) is 4.59. The summed E-state index contributed by atoms with van der Waals surface area (Å²) in [7, 11) is 1.41. The van der Waals surface area contributed by atoms with E-state index in [1.165, 1.54) is 36.8 Å². The van der Waals surface area contributed by atoms with Crippen LogP contribution in [0.15, 0.2) is 27.8 Å². The second kappa shape index (κ2) is 15.1. The van der Waals surface area contributed by atoms with E-state index in [1.54, 1.807) is 13.8 Å². The van der Waals surface area contributed by atoms with E-state index in [4.69, 9.17) is 19.5 Å². The zero-order chi connectivity index (χ0) is 30.4. The molecule has 0 radical (unpaired) electrons. The van der Waals surface area contributed by atoms with E-state index in [9.17, 15) is 23.6 Å². The van der Waals surface area contributed by atoms with E-state index in [0.29, 0.717) is 11.3 Å². The number of thiophene rings is 1. The van der Waals surface area contributed by atoms with E-state index in [1.807, 2.05) is 19.9 Å². The van der Waals surface area contributed by atoms with E-state index in [2.05, 4.69) is 0 Å². The number of hydrogen-bond donors (Lipinski definition) is 0. The molecule has 228 valence electrons. The predicted octanol–water partition coefficient (Wildman–Crippen LogP) is 4.82. The number of aromatic nitrogens is 2. The van der Waals surface area contributed by atoms with E-state index < -0.39 is 35.2 Å². The molecule has 0 unspecified atom stereocenters. The normalized spacial score (nSPS) is 12.5. The van der Waals surface area contributed by atoms with Crippen molar-refractivity contribution < 1.29 is 28.2 Å². The Kier molecular flexibility index (Phi) is 12.5. The first-order valence-corrected chi connectivity index (χ1v) is 14.1. The Hall–Kier alpha value is -3.47. The third-order valence-electron chi connectivity index (χ3n) is 6.59. The molecule has 0 N–H and O–H groups in total. The average Bonchev–Trinajstić information content (AvgIpc) is 3.27. The fraction of sp³-hybridized carbons (Fsp3) is 0.483. The van der Waals surface area contributed by atoms with Crippen molar-refractivity contribution >= 4 is 46.8 Å². The smallest absolute Gasteiger partial charge is 0.348 e.